The van der Waals surface area contributed by atoms with E-state index in [0.717, 1.165) is 12.0 Å². The Balaban J connectivity index is 2.67. The van der Waals surface area contributed by atoms with Gasteiger partial charge in [-0.1, -0.05) is 50.0 Å². The maximum absolute atomic E-state index is 9.10. The number of rotatable bonds is 5. The van der Waals surface area contributed by atoms with Gasteiger partial charge < -0.3 is 10.4 Å². The molecule has 0 aromatic heterocycles. The van der Waals surface area contributed by atoms with Crippen molar-refractivity contribution in [3.8, 4) is 0 Å². The lowest BCUT2D eigenvalue weighted by atomic mass is 9.85. The number of nitrogens with one attached hydrogen (secondary N) is 1. The van der Waals surface area contributed by atoms with Crippen LogP contribution in [0.3, 0.4) is 0 Å². The first-order valence-corrected chi connectivity index (χ1v) is 6.88. The molecule has 0 saturated heterocycles. The minimum absolute atomic E-state index is 0.0988. The summed E-state index contributed by atoms with van der Waals surface area (Å²) < 4.78 is 0. The first-order valence-electron chi connectivity index (χ1n) is 6.12. The highest BCUT2D eigenvalue weighted by molar-refractivity contribution is 6.35. The zero-order valence-corrected chi connectivity index (χ0v) is 12.6. The first-order chi connectivity index (χ1) is 8.34. The Bertz CT molecular complexity index is 388. The summed E-state index contributed by atoms with van der Waals surface area (Å²) in [5.74, 6) is 0. The van der Waals surface area contributed by atoms with Gasteiger partial charge in [0.05, 0.1) is 0 Å². The van der Waals surface area contributed by atoms with Crippen molar-refractivity contribution >= 4 is 23.2 Å². The SMILES string of the molecule is CC(C)(C)C(CCO)NCc1ccc(Cl)cc1Cl. The van der Waals surface area contributed by atoms with Crippen LogP contribution in [0.4, 0.5) is 0 Å². The van der Waals surface area contributed by atoms with Gasteiger partial charge in [0.2, 0.25) is 0 Å². The van der Waals surface area contributed by atoms with Crippen molar-refractivity contribution in [3.05, 3.63) is 33.8 Å². The lowest BCUT2D eigenvalue weighted by Crippen LogP contribution is -2.40. The molecule has 102 valence electrons. The second-order valence-corrected chi connectivity index (χ2v) is 6.39. The molecule has 0 amide bonds. The zero-order valence-electron chi connectivity index (χ0n) is 11.1. The van der Waals surface area contributed by atoms with E-state index in [4.69, 9.17) is 28.3 Å². The van der Waals surface area contributed by atoms with Crippen LogP contribution in [0.2, 0.25) is 10.0 Å². The summed E-state index contributed by atoms with van der Waals surface area (Å²) >= 11 is 12.0. The van der Waals surface area contributed by atoms with Crippen molar-refractivity contribution < 1.29 is 5.11 Å². The summed E-state index contributed by atoms with van der Waals surface area (Å²) in [6.45, 7) is 7.33. The molecular weight excluding hydrogens is 269 g/mol. The topological polar surface area (TPSA) is 32.3 Å². The van der Waals surface area contributed by atoms with Gasteiger partial charge in [0.1, 0.15) is 0 Å². The van der Waals surface area contributed by atoms with Gasteiger partial charge in [0.15, 0.2) is 0 Å². The highest BCUT2D eigenvalue weighted by atomic mass is 35.5. The van der Waals surface area contributed by atoms with Crippen LogP contribution in [-0.4, -0.2) is 17.8 Å². The Morgan fingerprint density at radius 2 is 1.94 bits per heavy atom. The molecule has 1 aromatic rings. The molecule has 0 bridgehead atoms. The third kappa shape index (κ3) is 4.77. The molecule has 0 radical (unpaired) electrons. The van der Waals surface area contributed by atoms with Gasteiger partial charge in [-0.3, -0.25) is 0 Å². The third-order valence-electron chi connectivity index (χ3n) is 3.02. The van der Waals surface area contributed by atoms with E-state index < -0.39 is 0 Å². The number of halogens is 2. The van der Waals surface area contributed by atoms with E-state index in [2.05, 4.69) is 26.1 Å². The van der Waals surface area contributed by atoms with Crippen LogP contribution in [0.1, 0.15) is 32.8 Å². The minimum atomic E-state index is 0.0988. The lowest BCUT2D eigenvalue weighted by molar-refractivity contribution is 0.196. The smallest absolute Gasteiger partial charge is 0.0465 e. The summed E-state index contributed by atoms with van der Waals surface area (Å²) in [6, 6.07) is 5.76. The number of hydrogen-bond donors (Lipinski definition) is 2. The number of hydrogen-bond acceptors (Lipinski definition) is 2. The van der Waals surface area contributed by atoms with Crippen molar-refractivity contribution in [1.82, 2.24) is 5.32 Å². The molecule has 1 rings (SSSR count). The summed E-state index contributed by atoms with van der Waals surface area (Å²) in [6.07, 6.45) is 0.731. The Hall–Kier alpha value is -0.280. The van der Waals surface area contributed by atoms with Gasteiger partial charge in [-0.05, 0) is 29.5 Å². The van der Waals surface area contributed by atoms with Crippen LogP contribution in [-0.2, 0) is 6.54 Å². The van der Waals surface area contributed by atoms with Gasteiger partial charge in [-0.25, -0.2) is 0 Å². The quantitative estimate of drug-likeness (QED) is 0.862. The minimum Gasteiger partial charge on any atom is -0.396 e. The molecule has 1 aromatic carbocycles. The van der Waals surface area contributed by atoms with E-state index in [-0.39, 0.29) is 18.1 Å². The maximum Gasteiger partial charge on any atom is 0.0465 e. The normalized spacial score (nSPS) is 13.7. The summed E-state index contributed by atoms with van der Waals surface area (Å²) in [4.78, 5) is 0. The Kier molecular flexibility index (Phi) is 5.93. The number of aliphatic hydroxyl groups is 1. The molecule has 0 heterocycles. The standard InChI is InChI=1S/C14H21Cl2NO/c1-14(2,3)13(6-7-18)17-9-10-4-5-11(15)8-12(10)16/h4-5,8,13,17-18H,6-7,9H2,1-3H3. The van der Waals surface area contributed by atoms with E-state index in [1.165, 1.54) is 0 Å². The van der Waals surface area contributed by atoms with Crippen LogP contribution >= 0.6 is 23.2 Å². The fourth-order valence-corrected chi connectivity index (χ4v) is 2.34. The molecule has 2 nitrogen and oxygen atoms in total. The van der Waals surface area contributed by atoms with E-state index in [9.17, 15) is 0 Å². The second-order valence-electron chi connectivity index (χ2n) is 5.55. The molecular formula is C14H21Cl2NO. The van der Waals surface area contributed by atoms with Crippen LogP contribution in [0, 0.1) is 5.41 Å². The molecule has 1 atom stereocenters. The molecule has 0 aliphatic carbocycles. The Labute approximate surface area is 119 Å². The largest absolute Gasteiger partial charge is 0.396 e. The molecule has 0 aliphatic heterocycles. The van der Waals surface area contributed by atoms with Crippen LogP contribution in [0.5, 0.6) is 0 Å². The molecule has 18 heavy (non-hydrogen) atoms. The summed E-state index contributed by atoms with van der Waals surface area (Å²) in [7, 11) is 0. The predicted octanol–water partition coefficient (Wildman–Crippen LogP) is 3.88. The fraction of sp³-hybridized carbons (Fsp3) is 0.571. The number of benzene rings is 1. The van der Waals surface area contributed by atoms with Gasteiger partial charge in [-0.15, -0.1) is 0 Å². The lowest BCUT2D eigenvalue weighted by Gasteiger charge is -2.31. The highest BCUT2D eigenvalue weighted by Gasteiger charge is 2.23. The van der Waals surface area contributed by atoms with Crippen molar-refractivity contribution in [3.63, 3.8) is 0 Å². The van der Waals surface area contributed by atoms with Crippen LogP contribution < -0.4 is 5.32 Å². The summed E-state index contributed by atoms with van der Waals surface area (Å²) in [5, 5.41) is 13.9. The molecule has 0 spiro atoms. The van der Waals surface area contributed by atoms with E-state index in [1.807, 2.05) is 12.1 Å². The highest BCUT2D eigenvalue weighted by Crippen LogP contribution is 2.24. The Morgan fingerprint density at radius 1 is 1.28 bits per heavy atom. The van der Waals surface area contributed by atoms with E-state index in [1.54, 1.807) is 6.07 Å². The molecule has 0 fully saturated rings. The van der Waals surface area contributed by atoms with Gasteiger partial charge in [0, 0.05) is 29.2 Å². The van der Waals surface area contributed by atoms with E-state index >= 15 is 0 Å². The van der Waals surface area contributed by atoms with Crippen molar-refractivity contribution in [2.45, 2.75) is 39.8 Å². The molecule has 0 aliphatic rings. The maximum atomic E-state index is 9.10. The predicted molar refractivity (Wildman–Crippen MR) is 78.2 cm³/mol. The zero-order chi connectivity index (χ0) is 13.8. The van der Waals surface area contributed by atoms with Gasteiger partial charge in [0.25, 0.3) is 0 Å². The monoisotopic (exact) mass is 289 g/mol. The molecule has 0 saturated carbocycles. The third-order valence-corrected chi connectivity index (χ3v) is 3.60. The number of aliphatic hydroxyl groups excluding tert-OH is 1. The second kappa shape index (κ2) is 6.76. The van der Waals surface area contributed by atoms with Crippen LogP contribution in [0.25, 0.3) is 0 Å². The fourth-order valence-electron chi connectivity index (χ4n) is 1.87. The van der Waals surface area contributed by atoms with E-state index in [0.29, 0.717) is 16.6 Å². The first kappa shape index (κ1) is 15.8. The van der Waals surface area contributed by atoms with Crippen LogP contribution in [0.15, 0.2) is 18.2 Å². The van der Waals surface area contributed by atoms with Crippen molar-refractivity contribution in [2.24, 2.45) is 5.41 Å². The Morgan fingerprint density at radius 3 is 2.44 bits per heavy atom. The van der Waals surface area contributed by atoms with Gasteiger partial charge >= 0.3 is 0 Å². The average molecular weight is 290 g/mol. The molecule has 2 N–H and O–H groups in total. The molecule has 1 unspecified atom stereocenters. The summed E-state index contributed by atoms with van der Waals surface area (Å²) in [5.41, 5.74) is 1.12. The molecule has 4 heteroatoms. The van der Waals surface area contributed by atoms with Crippen molar-refractivity contribution in [1.29, 1.82) is 0 Å². The average Bonchev–Trinajstić information content (AvgIpc) is 2.24. The van der Waals surface area contributed by atoms with Gasteiger partial charge in [-0.2, -0.15) is 0 Å². The van der Waals surface area contributed by atoms with Crippen molar-refractivity contribution in [2.75, 3.05) is 6.61 Å².